The Labute approximate surface area is 124 Å². The maximum absolute atomic E-state index is 5.74. The number of hydrogen-bond donors (Lipinski definition) is 1. The van der Waals surface area contributed by atoms with Gasteiger partial charge in [-0.15, -0.1) is 13.0 Å². The Kier molecular flexibility index (Phi) is 7.58. The van der Waals surface area contributed by atoms with Crippen LogP contribution in [-0.2, 0) is 6.42 Å². The van der Waals surface area contributed by atoms with Gasteiger partial charge in [0.15, 0.2) is 0 Å². The Hall–Kier alpha value is -1.68. The van der Waals surface area contributed by atoms with Crippen molar-refractivity contribution < 1.29 is 0 Å². The molecule has 2 atom stereocenters. The van der Waals surface area contributed by atoms with E-state index in [0.717, 1.165) is 18.5 Å². The molecule has 0 aliphatic carbocycles. The van der Waals surface area contributed by atoms with Crippen LogP contribution in [0.5, 0.6) is 0 Å². The molecule has 2 unspecified atom stereocenters. The number of allylic oxidation sites excluding steroid dienone is 1. The summed E-state index contributed by atoms with van der Waals surface area (Å²) in [6.07, 6.45) is 13.3. The number of nitrogens with one attached hydrogen (secondary N) is 1. The number of hydrogen-bond acceptors (Lipinski definition) is 1. The van der Waals surface area contributed by atoms with E-state index in [0.29, 0.717) is 5.92 Å². The first-order valence-electron chi connectivity index (χ1n) is 7.67. The molecule has 1 N–H and O–H groups in total. The Balaban J connectivity index is 2.74. The van der Waals surface area contributed by atoms with Crippen molar-refractivity contribution in [3.8, 4) is 12.3 Å². The first-order valence-corrected chi connectivity index (χ1v) is 7.67. The van der Waals surface area contributed by atoms with Crippen LogP contribution in [0.2, 0.25) is 0 Å². The molecule has 0 saturated heterocycles. The SMILES string of the molecule is C#CC(Nc1cccc(CC=C)c1)C(CC)CCCC. The summed E-state index contributed by atoms with van der Waals surface area (Å²) >= 11 is 0. The molecule has 1 nitrogen and oxygen atoms in total. The Morgan fingerprint density at radius 2 is 2.20 bits per heavy atom. The van der Waals surface area contributed by atoms with Gasteiger partial charge in [-0.2, -0.15) is 0 Å². The molecule has 0 radical (unpaired) electrons. The van der Waals surface area contributed by atoms with Crippen molar-refractivity contribution >= 4 is 5.69 Å². The number of anilines is 1. The zero-order chi connectivity index (χ0) is 14.8. The van der Waals surface area contributed by atoms with Crippen molar-refractivity contribution in [2.24, 2.45) is 5.92 Å². The summed E-state index contributed by atoms with van der Waals surface area (Å²) in [6, 6.07) is 8.56. The first-order chi connectivity index (χ1) is 9.74. The molecular weight excluding hydrogens is 242 g/mol. The van der Waals surface area contributed by atoms with Crippen LogP contribution < -0.4 is 5.32 Å². The molecule has 108 valence electrons. The average Bonchev–Trinajstić information content (AvgIpc) is 2.47. The van der Waals surface area contributed by atoms with Crippen LogP contribution in [0.1, 0.15) is 45.1 Å². The van der Waals surface area contributed by atoms with Crippen LogP contribution in [0.25, 0.3) is 0 Å². The second-order valence-electron chi connectivity index (χ2n) is 5.29. The van der Waals surface area contributed by atoms with Gasteiger partial charge in [-0.05, 0) is 36.5 Å². The van der Waals surface area contributed by atoms with Gasteiger partial charge in [0.2, 0.25) is 0 Å². The fourth-order valence-corrected chi connectivity index (χ4v) is 2.50. The average molecular weight is 269 g/mol. The zero-order valence-corrected chi connectivity index (χ0v) is 12.9. The highest BCUT2D eigenvalue weighted by Gasteiger charge is 2.17. The standard InChI is InChI=1S/C19H27N/c1-5-9-13-17(7-3)19(8-4)20-18-14-10-12-16(15-18)11-6-2/h4,6,10,12,14-15,17,19-20H,2,5,7,9,11,13H2,1,3H3. The lowest BCUT2D eigenvalue weighted by Crippen LogP contribution is -2.27. The second kappa shape index (κ2) is 9.26. The predicted molar refractivity (Wildman–Crippen MR) is 89.9 cm³/mol. The zero-order valence-electron chi connectivity index (χ0n) is 12.9. The van der Waals surface area contributed by atoms with Gasteiger partial charge in [-0.1, -0.05) is 57.2 Å². The maximum Gasteiger partial charge on any atom is 0.0902 e. The number of terminal acetylenes is 1. The van der Waals surface area contributed by atoms with E-state index >= 15 is 0 Å². The summed E-state index contributed by atoms with van der Waals surface area (Å²) in [4.78, 5) is 0. The molecule has 0 aliphatic heterocycles. The van der Waals surface area contributed by atoms with E-state index in [1.807, 2.05) is 6.08 Å². The van der Waals surface area contributed by atoms with Crippen molar-refractivity contribution in [3.05, 3.63) is 42.5 Å². The normalized spacial score (nSPS) is 13.2. The van der Waals surface area contributed by atoms with Crippen LogP contribution in [-0.4, -0.2) is 6.04 Å². The molecule has 1 aromatic rings. The minimum atomic E-state index is 0.116. The smallest absolute Gasteiger partial charge is 0.0902 e. The molecule has 0 heterocycles. The molecule has 20 heavy (non-hydrogen) atoms. The van der Waals surface area contributed by atoms with Crippen molar-refractivity contribution in [3.63, 3.8) is 0 Å². The summed E-state index contributed by atoms with van der Waals surface area (Å²) in [6.45, 7) is 8.23. The largest absolute Gasteiger partial charge is 0.371 e. The highest BCUT2D eigenvalue weighted by molar-refractivity contribution is 5.48. The highest BCUT2D eigenvalue weighted by atomic mass is 14.9. The monoisotopic (exact) mass is 269 g/mol. The molecule has 0 bridgehead atoms. The van der Waals surface area contributed by atoms with Gasteiger partial charge in [0.25, 0.3) is 0 Å². The van der Waals surface area contributed by atoms with E-state index in [4.69, 9.17) is 6.42 Å². The van der Waals surface area contributed by atoms with Gasteiger partial charge in [-0.3, -0.25) is 0 Å². The van der Waals surface area contributed by atoms with Gasteiger partial charge in [-0.25, -0.2) is 0 Å². The fourth-order valence-electron chi connectivity index (χ4n) is 2.50. The minimum Gasteiger partial charge on any atom is -0.371 e. The molecule has 0 aliphatic rings. The maximum atomic E-state index is 5.74. The van der Waals surface area contributed by atoms with E-state index in [2.05, 4.69) is 55.9 Å². The topological polar surface area (TPSA) is 12.0 Å². The van der Waals surface area contributed by atoms with Crippen LogP contribution in [0.15, 0.2) is 36.9 Å². The third-order valence-electron chi connectivity index (χ3n) is 3.73. The van der Waals surface area contributed by atoms with Gasteiger partial charge in [0.05, 0.1) is 6.04 Å². The van der Waals surface area contributed by atoms with Gasteiger partial charge < -0.3 is 5.32 Å². The lowest BCUT2D eigenvalue weighted by molar-refractivity contribution is 0.434. The van der Waals surface area contributed by atoms with Gasteiger partial charge in [0.1, 0.15) is 0 Å². The Bertz CT molecular complexity index is 441. The first kappa shape index (κ1) is 16.4. The van der Waals surface area contributed by atoms with Crippen LogP contribution >= 0.6 is 0 Å². The van der Waals surface area contributed by atoms with E-state index in [1.165, 1.54) is 24.8 Å². The molecule has 0 saturated carbocycles. The Morgan fingerprint density at radius 1 is 1.40 bits per heavy atom. The minimum absolute atomic E-state index is 0.116. The third-order valence-corrected chi connectivity index (χ3v) is 3.73. The number of unbranched alkanes of at least 4 members (excludes halogenated alkanes) is 1. The highest BCUT2D eigenvalue weighted by Crippen LogP contribution is 2.21. The summed E-state index contributed by atoms with van der Waals surface area (Å²) < 4.78 is 0. The van der Waals surface area contributed by atoms with E-state index in [1.54, 1.807) is 0 Å². The fraction of sp³-hybridized carbons (Fsp3) is 0.474. The van der Waals surface area contributed by atoms with Crippen LogP contribution in [0.4, 0.5) is 5.69 Å². The predicted octanol–water partition coefficient (Wildman–Crippen LogP) is 5.05. The summed E-state index contributed by atoms with van der Waals surface area (Å²) in [7, 11) is 0. The molecule has 1 rings (SSSR count). The van der Waals surface area contributed by atoms with E-state index in [9.17, 15) is 0 Å². The van der Waals surface area contributed by atoms with Crippen molar-refractivity contribution in [1.29, 1.82) is 0 Å². The second-order valence-corrected chi connectivity index (χ2v) is 5.29. The quantitative estimate of drug-likeness (QED) is 0.489. The molecular formula is C19H27N. The van der Waals surface area contributed by atoms with Crippen molar-refractivity contribution in [2.45, 2.75) is 52.0 Å². The van der Waals surface area contributed by atoms with Crippen LogP contribution in [0, 0.1) is 18.3 Å². The Morgan fingerprint density at radius 3 is 2.80 bits per heavy atom. The number of rotatable bonds is 9. The summed E-state index contributed by atoms with van der Waals surface area (Å²) in [5.41, 5.74) is 2.38. The molecule has 1 aromatic carbocycles. The van der Waals surface area contributed by atoms with Crippen molar-refractivity contribution in [1.82, 2.24) is 0 Å². The van der Waals surface area contributed by atoms with Gasteiger partial charge in [0, 0.05) is 5.69 Å². The van der Waals surface area contributed by atoms with E-state index in [-0.39, 0.29) is 6.04 Å². The summed E-state index contributed by atoms with van der Waals surface area (Å²) in [5, 5.41) is 3.52. The van der Waals surface area contributed by atoms with Crippen molar-refractivity contribution in [2.75, 3.05) is 5.32 Å². The summed E-state index contributed by atoms with van der Waals surface area (Å²) in [5.74, 6) is 3.48. The molecule has 1 heteroatoms. The van der Waals surface area contributed by atoms with E-state index < -0.39 is 0 Å². The lowest BCUT2D eigenvalue weighted by atomic mass is 9.91. The lowest BCUT2D eigenvalue weighted by Gasteiger charge is -2.24. The number of benzene rings is 1. The molecule has 0 fully saturated rings. The molecule has 0 aromatic heterocycles. The molecule has 0 spiro atoms. The third kappa shape index (κ3) is 5.13. The molecule has 0 amide bonds. The van der Waals surface area contributed by atoms with Gasteiger partial charge >= 0.3 is 0 Å². The van der Waals surface area contributed by atoms with Crippen LogP contribution in [0.3, 0.4) is 0 Å².